The second kappa shape index (κ2) is 5.14. The van der Waals surface area contributed by atoms with Crippen LogP contribution in [0.2, 0.25) is 0 Å². The maximum absolute atomic E-state index is 11.9. The molecule has 6 nitrogen and oxygen atoms in total. The van der Waals surface area contributed by atoms with Crippen molar-refractivity contribution in [1.82, 2.24) is 14.5 Å². The number of aromatic nitrogens is 3. The number of pyridine rings is 1. The Balaban J connectivity index is 2.64. The fraction of sp³-hybridized carbons (Fsp3) is 0.417. The molecule has 0 radical (unpaired) electrons. The Morgan fingerprint density at radius 1 is 1.50 bits per heavy atom. The molecule has 0 aromatic carbocycles. The zero-order valence-electron chi connectivity index (χ0n) is 10.3. The number of H-pyrrole nitrogens is 1. The van der Waals surface area contributed by atoms with Crippen molar-refractivity contribution in [3.63, 3.8) is 0 Å². The Kier molecular flexibility index (Phi) is 3.57. The first kappa shape index (κ1) is 12.5. The molecule has 2 heterocycles. The van der Waals surface area contributed by atoms with Crippen LogP contribution >= 0.6 is 0 Å². The lowest BCUT2D eigenvalue weighted by atomic mass is 10.2. The molecule has 2 aromatic rings. The number of hydrogen-bond donors (Lipinski definition) is 1. The Morgan fingerprint density at radius 2 is 2.28 bits per heavy atom. The van der Waals surface area contributed by atoms with Gasteiger partial charge in [0, 0.05) is 13.3 Å². The summed E-state index contributed by atoms with van der Waals surface area (Å²) in [5, 5.41) is 0. The highest BCUT2D eigenvalue weighted by Gasteiger charge is 2.12. The molecule has 2 rings (SSSR count). The van der Waals surface area contributed by atoms with Gasteiger partial charge in [0.05, 0.1) is 18.2 Å². The van der Waals surface area contributed by atoms with Crippen LogP contribution in [0.1, 0.15) is 13.3 Å². The molecule has 6 heteroatoms. The predicted octanol–water partition coefficient (Wildman–Crippen LogP) is 0.510. The number of rotatable bonds is 4. The smallest absolute Gasteiger partial charge is 0.316 e. The molecule has 0 saturated heterocycles. The Labute approximate surface area is 103 Å². The van der Waals surface area contributed by atoms with Gasteiger partial charge in [0.1, 0.15) is 0 Å². The van der Waals surface area contributed by atoms with Gasteiger partial charge in [0.15, 0.2) is 5.65 Å². The zero-order chi connectivity index (χ0) is 13.1. The summed E-state index contributed by atoms with van der Waals surface area (Å²) in [6.45, 7) is 2.31. The first-order chi connectivity index (χ1) is 8.67. The molecule has 2 aromatic heterocycles. The highest BCUT2D eigenvalue weighted by Crippen LogP contribution is 2.07. The van der Waals surface area contributed by atoms with E-state index in [0.29, 0.717) is 17.7 Å². The third kappa shape index (κ3) is 2.19. The molecule has 0 aliphatic rings. The summed E-state index contributed by atoms with van der Waals surface area (Å²) in [5.41, 5.74) is -0.219. The second-order valence-electron chi connectivity index (χ2n) is 4.01. The summed E-state index contributed by atoms with van der Waals surface area (Å²) in [6.07, 6.45) is 2.23. The molecule has 0 aliphatic heterocycles. The summed E-state index contributed by atoms with van der Waals surface area (Å²) in [6, 6.07) is 3.48. The van der Waals surface area contributed by atoms with E-state index >= 15 is 0 Å². The monoisotopic (exact) mass is 249 g/mol. The van der Waals surface area contributed by atoms with Crippen LogP contribution in [0.25, 0.3) is 11.2 Å². The van der Waals surface area contributed by atoms with Crippen LogP contribution in [0.3, 0.4) is 0 Å². The minimum absolute atomic E-state index is 0.104. The number of nitrogens with zero attached hydrogens (tertiary/aromatic N) is 2. The molecular weight excluding hydrogens is 234 g/mol. The molecule has 1 N–H and O–H groups in total. The Morgan fingerprint density at radius 3 is 2.94 bits per heavy atom. The van der Waals surface area contributed by atoms with Crippen LogP contribution in [-0.2, 0) is 11.3 Å². The molecule has 1 unspecified atom stereocenters. The van der Waals surface area contributed by atoms with E-state index in [0.717, 1.165) is 6.42 Å². The minimum atomic E-state index is -0.660. The lowest BCUT2D eigenvalue weighted by molar-refractivity contribution is 0.0847. The summed E-state index contributed by atoms with van der Waals surface area (Å²) in [4.78, 5) is 29.9. The van der Waals surface area contributed by atoms with Gasteiger partial charge in [0.25, 0.3) is 0 Å². The third-order valence-electron chi connectivity index (χ3n) is 2.92. The fourth-order valence-corrected chi connectivity index (χ4v) is 1.86. The van der Waals surface area contributed by atoms with E-state index in [-0.39, 0.29) is 6.10 Å². The van der Waals surface area contributed by atoms with E-state index < -0.39 is 11.1 Å². The lowest BCUT2D eigenvalue weighted by Crippen LogP contribution is -2.39. The number of hydrogen-bond acceptors (Lipinski definition) is 4. The van der Waals surface area contributed by atoms with Crippen molar-refractivity contribution in [3.05, 3.63) is 39.0 Å². The van der Waals surface area contributed by atoms with Gasteiger partial charge >= 0.3 is 11.1 Å². The molecule has 0 amide bonds. The number of methoxy groups -OCH3 is 1. The number of fused-ring (bicyclic) bond motifs is 1. The van der Waals surface area contributed by atoms with E-state index in [1.807, 2.05) is 6.92 Å². The first-order valence-electron chi connectivity index (χ1n) is 5.78. The van der Waals surface area contributed by atoms with Gasteiger partial charge in [0.2, 0.25) is 0 Å². The Hall–Kier alpha value is -1.95. The minimum Gasteiger partial charge on any atom is -0.380 e. The number of aromatic amines is 1. The van der Waals surface area contributed by atoms with Crippen LogP contribution in [0.5, 0.6) is 0 Å². The summed E-state index contributed by atoms with van der Waals surface area (Å²) < 4.78 is 6.67. The average molecular weight is 249 g/mol. The van der Waals surface area contributed by atoms with Gasteiger partial charge in [-0.3, -0.25) is 14.2 Å². The average Bonchev–Trinajstić information content (AvgIpc) is 2.40. The molecule has 0 aliphatic carbocycles. The predicted molar refractivity (Wildman–Crippen MR) is 67.7 cm³/mol. The first-order valence-corrected chi connectivity index (χ1v) is 5.78. The van der Waals surface area contributed by atoms with Gasteiger partial charge in [-0.05, 0) is 18.6 Å². The van der Waals surface area contributed by atoms with E-state index in [4.69, 9.17) is 4.74 Å². The molecule has 96 valence electrons. The van der Waals surface area contributed by atoms with Crippen molar-refractivity contribution in [1.29, 1.82) is 0 Å². The molecule has 0 saturated carbocycles. The maximum atomic E-state index is 11.9. The van der Waals surface area contributed by atoms with E-state index in [9.17, 15) is 9.59 Å². The van der Waals surface area contributed by atoms with Crippen molar-refractivity contribution in [2.75, 3.05) is 7.11 Å². The van der Waals surface area contributed by atoms with Crippen molar-refractivity contribution < 1.29 is 4.74 Å². The third-order valence-corrected chi connectivity index (χ3v) is 2.92. The van der Waals surface area contributed by atoms with Crippen molar-refractivity contribution in [2.45, 2.75) is 26.0 Å². The van der Waals surface area contributed by atoms with Gasteiger partial charge in [-0.2, -0.15) is 0 Å². The van der Waals surface area contributed by atoms with Gasteiger partial charge in [-0.25, -0.2) is 4.98 Å². The normalized spacial score (nSPS) is 12.8. The van der Waals surface area contributed by atoms with Crippen LogP contribution in [0, 0.1) is 0 Å². The highest BCUT2D eigenvalue weighted by molar-refractivity contribution is 5.69. The van der Waals surface area contributed by atoms with E-state index in [1.54, 1.807) is 25.4 Å². The molecule has 1 atom stereocenters. The Bertz CT molecular complexity index is 655. The summed E-state index contributed by atoms with van der Waals surface area (Å²) >= 11 is 0. The SMILES string of the molecule is CCC(Cn1c(=O)c(=O)[nH]c2ncccc21)OC. The standard InChI is InChI=1S/C12H15N3O3/c1-3-8(18-2)7-15-9-5-4-6-13-10(9)14-11(16)12(15)17/h4-6,8H,3,7H2,1-2H3,(H,13,14,16). The summed E-state index contributed by atoms with van der Waals surface area (Å²) in [7, 11) is 1.59. The van der Waals surface area contributed by atoms with Crippen LogP contribution in [-0.4, -0.2) is 27.7 Å². The molecule has 0 fully saturated rings. The summed E-state index contributed by atoms with van der Waals surface area (Å²) in [5.74, 6) is 0. The second-order valence-corrected chi connectivity index (χ2v) is 4.01. The molecule has 18 heavy (non-hydrogen) atoms. The molecule has 0 spiro atoms. The van der Waals surface area contributed by atoms with Gasteiger partial charge in [-0.1, -0.05) is 6.92 Å². The van der Waals surface area contributed by atoms with Crippen molar-refractivity contribution in [3.8, 4) is 0 Å². The van der Waals surface area contributed by atoms with Crippen LogP contribution in [0.4, 0.5) is 0 Å². The van der Waals surface area contributed by atoms with E-state index in [2.05, 4.69) is 9.97 Å². The van der Waals surface area contributed by atoms with Crippen molar-refractivity contribution >= 4 is 11.2 Å². The van der Waals surface area contributed by atoms with Gasteiger partial charge < -0.3 is 9.72 Å². The quantitative estimate of drug-likeness (QED) is 0.801. The van der Waals surface area contributed by atoms with Crippen LogP contribution < -0.4 is 11.1 Å². The van der Waals surface area contributed by atoms with Gasteiger partial charge in [-0.15, -0.1) is 0 Å². The number of nitrogens with one attached hydrogen (secondary N) is 1. The molecular formula is C12H15N3O3. The largest absolute Gasteiger partial charge is 0.380 e. The highest BCUT2D eigenvalue weighted by atomic mass is 16.5. The lowest BCUT2D eigenvalue weighted by Gasteiger charge is -2.15. The van der Waals surface area contributed by atoms with Crippen LogP contribution in [0.15, 0.2) is 27.9 Å². The van der Waals surface area contributed by atoms with Crippen molar-refractivity contribution in [2.24, 2.45) is 0 Å². The number of ether oxygens (including phenoxy) is 1. The topological polar surface area (TPSA) is 77.0 Å². The fourth-order valence-electron chi connectivity index (χ4n) is 1.86. The van der Waals surface area contributed by atoms with E-state index in [1.165, 1.54) is 4.57 Å². The maximum Gasteiger partial charge on any atom is 0.316 e. The zero-order valence-corrected chi connectivity index (χ0v) is 10.3. The molecule has 0 bridgehead atoms.